The van der Waals surface area contributed by atoms with E-state index in [1.807, 2.05) is 62.9 Å². The highest BCUT2D eigenvalue weighted by molar-refractivity contribution is 5.98. The van der Waals surface area contributed by atoms with Crippen molar-refractivity contribution in [2.24, 2.45) is 11.8 Å². The number of epoxide rings is 1. The first kappa shape index (κ1) is 47.0. The Bertz CT molecular complexity index is 1510. The molecule has 1 aromatic rings. The number of hydrogen-bond donors (Lipinski definition) is 4. The smallest absolute Gasteiger partial charge is 0.307 e. The summed E-state index contributed by atoms with van der Waals surface area (Å²) in [5, 5.41) is 17.3. The molecule has 16 heteroatoms. The molecule has 2 aliphatic rings. The van der Waals surface area contributed by atoms with Gasteiger partial charge in [0.25, 0.3) is 0 Å². The lowest BCUT2D eigenvalue weighted by Gasteiger charge is -2.34. The zero-order chi connectivity index (χ0) is 42.1. The Hall–Kier alpha value is -4.41. The number of rotatable bonds is 25. The van der Waals surface area contributed by atoms with E-state index in [9.17, 15) is 33.6 Å². The predicted octanol–water partition coefficient (Wildman–Crippen LogP) is 2.22. The number of benzene rings is 1. The molecule has 0 saturated carbocycles. The highest BCUT2D eigenvalue weighted by Crippen LogP contribution is 2.29. The molecule has 2 aliphatic heterocycles. The summed E-state index contributed by atoms with van der Waals surface area (Å²) >= 11 is 0. The number of morpholine rings is 1. The highest BCUT2D eigenvalue weighted by Gasteiger charge is 2.50. The van der Waals surface area contributed by atoms with Crippen LogP contribution < -0.4 is 16.0 Å². The number of nitrogens with zero attached hydrogens (tertiary/aromatic N) is 2. The van der Waals surface area contributed by atoms with Crippen molar-refractivity contribution in [3.8, 4) is 0 Å². The van der Waals surface area contributed by atoms with E-state index >= 15 is 0 Å². The van der Waals surface area contributed by atoms with Gasteiger partial charge in [-0.15, -0.1) is 0 Å². The van der Waals surface area contributed by atoms with E-state index in [0.29, 0.717) is 39.1 Å². The normalized spacial score (nSPS) is 18.8. The third kappa shape index (κ3) is 16.5. The quantitative estimate of drug-likeness (QED) is 0.0485. The maximum atomic E-state index is 14.4. The molecule has 4 amide bonds. The van der Waals surface area contributed by atoms with Crippen molar-refractivity contribution >= 4 is 41.4 Å². The lowest BCUT2D eigenvalue weighted by atomic mass is 9.93. The van der Waals surface area contributed by atoms with Gasteiger partial charge in [-0.2, -0.15) is 0 Å². The zero-order valence-electron chi connectivity index (χ0n) is 34.4. The summed E-state index contributed by atoms with van der Waals surface area (Å²) in [5.74, 6) is -4.11. The number of carboxylic acids is 1. The molecule has 0 aliphatic carbocycles. The molecule has 318 valence electrons. The Morgan fingerprint density at radius 1 is 0.842 bits per heavy atom. The van der Waals surface area contributed by atoms with Crippen LogP contribution in [-0.4, -0.2) is 132 Å². The van der Waals surface area contributed by atoms with Gasteiger partial charge in [-0.1, -0.05) is 58.0 Å². The standard InChI is InChI=1S/C41H63N5O11/c1-27(2)22-31(37(51)41(6)25-57-41)43-38(52)29(5)42-39(53)32(23-28(3)4)44-40(54)33(17-16-30-12-8-7-9-13-30)46(34(47)24-45-18-20-55-21-19-45)26-56-36(50)15-11-10-14-35(48)49/h7-9,12-13,27-29,31-33H,10-11,14-26H2,1-6H3,(H,42,53)(H,43,52)(H,44,54)(H,48,49)/t29-,31-,32-,33-,41+/m0/s1. The molecule has 0 radical (unpaired) electrons. The Labute approximate surface area is 336 Å². The van der Waals surface area contributed by atoms with Crippen LogP contribution >= 0.6 is 0 Å². The summed E-state index contributed by atoms with van der Waals surface area (Å²) in [4.78, 5) is 95.6. The Kier molecular flexibility index (Phi) is 19.0. The number of ketones is 1. The Balaban J connectivity index is 1.83. The van der Waals surface area contributed by atoms with Crippen molar-refractivity contribution in [1.82, 2.24) is 25.8 Å². The molecule has 2 heterocycles. The predicted molar refractivity (Wildman–Crippen MR) is 209 cm³/mol. The van der Waals surface area contributed by atoms with Gasteiger partial charge in [-0.3, -0.25) is 43.4 Å². The summed E-state index contributed by atoms with van der Waals surface area (Å²) in [6.07, 6.45) is 1.48. The SMILES string of the molecule is CC(C)C[C@H](NC(=O)[C@H](CCc1ccccc1)N(COC(=O)CCCCC(=O)O)C(=O)CN1CCOCC1)C(=O)N[C@@H](C)C(=O)N[C@@H](CC(C)C)C(=O)[C@@]1(C)CO1. The molecule has 4 N–H and O–H groups in total. The van der Waals surface area contributed by atoms with E-state index in [0.717, 1.165) is 5.56 Å². The topological polar surface area (TPSA) is 213 Å². The number of hydrogen-bond acceptors (Lipinski definition) is 11. The third-order valence-electron chi connectivity index (χ3n) is 9.93. The summed E-state index contributed by atoms with van der Waals surface area (Å²) in [5.41, 5.74) is -0.0417. The maximum absolute atomic E-state index is 14.4. The number of carboxylic acid groups (broad SMARTS) is 1. The molecule has 0 bridgehead atoms. The molecular formula is C41H63N5O11. The van der Waals surface area contributed by atoms with Gasteiger partial charge in [0.2, 0.25) is 23.6 Å². The summed E-state index contributed by atoms with van der Waals surface area (Å²) in [6, 6.07) is 5.23. The first-order valence-corrected chi connectivity index (χ1v) is 20.1. The van der Waals surface area contributed by atoms with Crippen LogP contribution in [-0.2, 0) is 54.2 Å². The fourth-order valence-corrected chi connectivity index (χ4v) is 6.48. The molecule has 0 aromatic heterocycles. The van der Waals surface area contributed by atoms with Crippen molar-refractivity contribution in [1.29, 1.82) is 0 Å². The van der Waals surface area contributed by atoms with Crippen LogP contribution in [0.1, 0.15) is 92.1 Å². The van der Waals surface area contributed by atoms with Crippen LogP contribution in [0.3, 0.4) is 0 Å². The molecule has 16 nitrogen and oxygen atoms in total. The van der Waals surface area contributed by atoms with Crippen molar-refractivity contribution < 1.29 is 52.9 Å². The number of esters is 1. The molecular weight excluding hydrogens is 738 g/mol. The van der Waals surface area contributed by atoms with Gasteiger partial charge in [0.1, 0.15) is 23.7 Å². The zero-order valence-corrected chi connectivity index (χ0v) is 34.4. The molecule has 2 saturated heterocycles. The second-order valence-corrected chi connectivity index (χ2v) is 16.0. The Morgan fingerprint density at radius 2 is 1.44 bits per heavy atom. The fraction of sp³-hybridized carbons (Fsp3) is 0.683. The van der Waals surface area contributed by atoms with Crippen molar-refractivity contribution in [2.45, 2.75) is 123 Å². The molecule has 3 rings (SSSR count). The number of amides is 4. The van der Waals surface area contributed by atoms with Crippen molar-refractivity contribution in [2.75, 3.05) is 46.2 Å². The number of carbonyl (C=O) groups excluding carboxylic acids is 6. The van der Waals surface area contributed by atoms with Crippen molar-refractivity contribution in [3.05, 3.63) is 35.9 Å². The van der Waals surface area contributed by atoms with Crippen LogP contribution in [0.15, 0.2) is 30.3 Å². The van der Waals surface area contributed by atoms with E-state index in [2.05, 4.69) is 16.0 Å². The maximum Gasteiger partial charge on any atom is 0.307 e. The second-order valence-electron chi connectivity index (χ2n) is 16.0. The van der Waals surface area contributed by atoms with Gasteiger partial charge in [-0.25, -0.2) is 0 Å². The largest absolute Gasteiger partial charge is 0.481 e. The first-order chi connectivity index (χ1) is 27.0. The van der Waals surface area contributed by atoms with Gasteiger partial charge in [0.15, 0.2) is 12.5 Å². The van der Waals surface area contributed by atoms with Crippen LogP contribution in [0.2, 0.25) is 0 Å². The number of aliphatic carboxylic acids is 1. The summed E-state index contributed by atoms with van der Waals surface area (Å²) < 4.78 is 16.3. The molecule has 5 atom stereocenters. The monoisotopic (exact) mass is 801 g/mol. The van der Waals surface area contributed by atoms with Gasteiger partial charge in [-0.05, 0) is 69.8 Å². The third-order valence-corrected chi connectivity index (χ3v) is 9.93. The lowest BCUT2D eigenvalue weighted by molar-refractivity contribution is -0.159. The van der Waals surface area contributed by atoms with Crippen molar-refractivity contribution in [3.63, 3.8) is 0 Å². The van der Waals surface area contributed by atoms with Crippen LogP contribution in [0.25, 0.3) is 0 Å². The second kappa shape index (κ2) is 23.1. The fourth-order valence-electron chi connectivity index (χ4n) is 6.48. The average molecular weight is 802 g/mol. The molecule has 57 heavy (non-hydrogen) atoms. The number of unbranched alkanes of at least 4 members (excludes halogenated alkanes) is 1. The average Bonchev–Trinajstić information content (AvgIpc) is 3.91. The minimum Gasteiger partial charge on any atom is -0.481 e. The number of aryl methyl sites for hydroxylation is 1. The van der Waals surface area contributed by atoms with E-state index in [1.54, 1.807) is 6.92 Å². The van der Waals surface area contributed by atoms with Gasteiger partial charge < -0.3 is 35.3 Å². The first-order valence-electron chi connectivity index (χ1n) is 20.1. The van der Waals surface area contributed by atoms with E-state index in [1.165, 1.54) is 11.8 Å². The van der Waals surface area contributed by atoms with E-state index in [-0.39, 0.29) is 69.3 Å². The number of Topliss-reactive ketones (excluding diaryl/α,β-unsaturated/α-hetero) is 1. The molecule has 1 aromatic carbocycles. The van der Waals surface area contributed by atoms with Crippen LogP contribution in [0.5, 0.6) is 0 Å². The van der Waals surface area contributed by atoms with Gasteiger partial charge >= 0.3 is 11.9 Å². The molecule has 2 fully saturated rings. The van der Waals surface area contributed by atoms with Gasteiger partial charge in [0.05, 0.1) is 32.4 Å². The van der Waals surface area contributed by atoms with Gasteiger partial charge in [0, 0.05) is 25.9 Å². The van der Waals surface area contributed by atoms with Crippen LogP contribution in [0.4, 0.5) is 0 Å². The summed E-state index contributed by atoms with van der Waals surface area (Å²) in [6.45, 7) is 12.3. The number of ether oxygens (including phenoxy) is 3. The minimum absolute atomic E-state index is 0.0667. The lowest BCUT2D eigenvalue weighted by Crippen LogP contribution is -2.59. The Morgan fingerprint density at radius 3 is 2.04 bits per heavy atom. The number of carbonyl (C=O) groups is 7. The van der Waals surface area contributed by atoms with E-state index in [4.69, 9.17) is 19.3 Å². The molecule has 0 unspecified atom stereocenters. The number of nitrogens with one attached hydrogen (secondary N) is 3. The molecule has 0 spiro atoms. The minimum atomic E-state index is -1.17. The summed E-state index contributed by atoms with van der Waals surface area (Å²) in [7, 11) is 0. The van der Waals surface area contributed by atoms with E-state index < -0.39 is 72.1 Å². The highest BCUT2D eigenvalue weighted by atomic mass is 16.6. The van der Waals surface area contributed by atoms with Crippen LogP contribution in [0, 0.1) is 11.8 Å².